The van der Waals surface area contributed by atoms with Crippen molar-refractivity contribution in [3.8, 4) is 5.75 Å². The van der Waals surface area contributed by atoms with Gasteiger partial charge in [-0.15, -0.1) is 0 Å². The van der Waals surface area contributed by atoms with Crippen molar-refractivity contribution < 1.29 is 19.4 Å². The Kier molecular flexibility index (Phi) is 4.71. The highest BCUT2D eigenvalue weighted by atomic mass is 16.5. The Labute approximate surface area is 117 Å². The Morgan fingerprint density at radius 2 is 1.95 bits per heavy atom. The molecule has 0 spiro atoms. The maximum absolute atomic E-state index is 11.7. The summed E-state index contributed by atoms with van der Waals surface area (Å²) in [6.07, 6.45) is -0.723. The molecule has 0 fully saturated rings. The topological polar surface area (TPSA) is 55.8 Å². The minimum atomic E-state index is -0.723. The summed E-state index contributed by atoms with van der Waals surface area (Å²) in [5.41, 5.74) is 0.522. The fourth-order valence-electron chi connectivity index (χ4n) is 2.10. The average Bonchev–Trinajstić information content (AvgIpc) is 2.44. The van der Waals surface area contributed by atoms with Crippen molar-refractivity contribution in [1.29, 1.82) is 0 Å². The maximum Gasteiger partial charge on any atom is 0.163 e. The number of carbonyl (C=O) groups excluding carboxylic acids is 1. The first kappa shape index (κ1) is 14.5. The second-order valence-corrected chi connectivity index (χ2v) is 4.64. The van der Waals surface area contributed by atoms with Crippen LogP contribution in [0.5, 0.6) is 5.75 Å². The highest BCUT2D eigenvalue weighted by molar-refractivity contribution is 6.03. The number of hydrogen-bond acceptors (Lipinski definition) is 4. The zero-order valence-corrected chi connectivity index (χ0v) is 11.6. The van der Waals surface area contributed by atoms with E-state index in [9.17, 15) is 9.90 Å². The Bertz CT molecular complexity index is 606. The number of hydrogen-bond donors (Lipinski definition) is 1. The fraction of sp³-hybridized carbons (Fsp3) is 0.312. The number of aliphatic hydroxyl groups is 1. The summed E-state index contributed by atoms with van der Waals surface area (Å²) < 4.78 is 10.5. The van der Waals surface area contributed by atoms with Gasteiger partial charge in [0.05, 0.1) is 12.2 Å². The van der Waals surface area contributed by atoms with Crippen molar-refractivity contribution in [3.05, 3.63) is 42.0 Å². The Morgan fingerprint density at radius 3 is 2.65 bits per heavy atom. The minimum Gasteiger partial charge on any atom is -0.489 e. The van der Waals surface area contributed by atoms with E-state index in [1.54, 1.807) is 6.07 Å². The Balaban J connectivity index is 2.37. The van der Waals surface area contributed by atoms with Crippen LogP contribution in [0.15, 0.2) is 36.4 Å². The van der Waals surface area contributed by atoms with Gasteiger partial charge in [-0.25, -0.2) is 0 Å². The third kappa shape index (κ3) is 3.15. The molecular weight excluding hydrogens is 256 g/mol. The third-order valence-corrected chi connectivity index (χ3v) is 3.04. The summed E-state index contributed by atoms with van der Waals surface area (Å²) in [4.78, 5) is 11.7. The lowest BCUT2D eigenvalue weighted by Crippen LogP contribution is -2.23. The van der Waals surface area contributed by atoms with E-state index >= 15 is 0 Å². The van der Waals surface area contributed by atoms with E-state index in [4.69, 9.17) is 9.47 Å². The number of aliphatic hydroxyl groups excluding tert-OH is 1. The molecule has 4 heteroatoms. The fourth-order valence-corrected chi connectivity index (χ4v) is 2.10. The number of methoxy groups -OCH3 is 1. The molecule has 0 saturated heterocycles. The van der Waals surface area contributed by atoms with Gasteiger partial charge in [-0.2, -0.15) is 0 Å². The second-order valence-electron chi connectivity index (χ2n) is 4.64. The molecule has 2 aromatic carbocycles. The van der Waals surface area contributed by atoms with Gasteiger partial charge in [0.2, 0.25) is 0 Å². The number of rotatable bonds is 6. The van der Waals surface area contributed by atoms with Crippen molar-refractivity contribution in [3.63, 3.8) is 0 Å². The van der Waals surface area contributed by atoms with Crippen LogP contribution in [0.4, 0.5) is 0 Å². The highest BCUT2D eigenvalue weighted by Crippen LogP contribution is 2.30. The van der Waals surface area contributed by atoms with E-state index in [-0.39, 0.29) is 19.0 Å². The SMILES string of the molecule is COCC(O)COc1c(C(C)=O)ccc2ccccc12. The quantitative estimate of drug-likeness (QED) is 0.822. The second kappa shape index (κ2) is 6.50. The molecule has 0 aliphatic carbocycles. The number of fused-ring (bicyclic) bond motifs is 1. The van der Waals surface area contributed by atoms with Gasteiger partial charge < -0.3 is 14.6 Å². The average molecular weight is 274 g/mol. The van der Waals surface area contributed by atoms with Crippen molar-refractivity contribution in [2.24, 2.45) is 0 Å². The lowest BCUT2D eigenvalue weighted by molar-refractivity contribution is 0.0327. The van der Waals surface area contributed by atoms with Gasteiger partial charge in [0.1, 0.15) is 18.5 Å². The van der Waals surface area contributed by atoms with Crippen molar-refractivity contribution in [2.45, 2.75) is 13.0 Å². The van der Waals surface area contributed by atoms with Crippen molar-refractivity contribution >= 4 is 16.6 Å². The van der Waals surface area contributed by atoms with Crippen molar-refractivity contribution in [2.75, 3.05) is 20.3 Å². The Hall–Kier alpha value is -1.91. The first-order valence-electron chi connectivity index (χ1n) is 6.46. The molecule has 0 amide bonds. The molecule has 0 saturated carbocycles. The highest BCUT2D eigenvalue weighted by Gasteiger charge is 2.14. The zero-order valence-electron chi connectivity index (χ0n) is 11.6. The first-order chi connectivity index (χ1) is 9.63. The summed E-state index contributed by atoms with van der Waals surface area (Å²) in [6, 6.07) is 11.3. The van der Waals surface area contributed by atoms with Crippen LogP contribution in [0.2, 0.25) is 0 Å². The largest absolute Gasteiger partial charge is 0.489 e. The van der Waals surface area contributed by atoms with E-state index in [0.717, 1.165) is 10.8 Å². The summed E-state index contributed by atoms with van der Waals surface area (Å²) in [5.74, 6) is 0.456. The van der Waals surface area contributed by atoms with Gasteiger partial charge in [0.25, 0.3) is 0 Å². The van der Waals surface area contributed by atoms with E-state index < -0.39 is 6.10 Å². The Morgan fingerprint density at radius 1 is 1.20 bits per heavy atom. The molecule has 106 valence electrons. The van der Waals surface area contributed by atoms with Crippen LogP contribution in [-0.2, 0) is 4.74 Å². The van der Waals surface area contributed by atoms with Crippen LogP contribution >= 0.6 is 0 Å². The van der Waals surface area contributed by atoms with Gasteiger partial charge in [0, 0.05) is 12.5 Å². The lowest BCUT2D eigenvalue weighted by Gasteiger charge is -2.15. The van der Waals surface area contributed by atoms with Crippen LogP contribution in [0.1, 0.15) is 17.3 Å². The van der Waals surface area contributed by atoms with Gasteiger partial charge in [-0.3, -0.25) is 4.79 Å². The van der Waals surface area contributed by atoms with Crippen LogP contribution in [0.3, 0.4) is 0 Å². The molecule has 2 aromatic rings. The number of carbonyl (C=O) groups is 1. The van der Waals surface area contributed by atoms with Crippen LogP contribution in [0, 0.1) is 0 Å². The standard InChI is InChI=1S/C16H18O4/c1-11(17)14-8-7-12-5-3-4-6-15(12)16(14)20-10-13(18)9-19-2/h3-8,13,18H,9-10H2,1-2H3. The minimum absolute atomic E-state index is 0.0630. The molecule has 2 rings (SSSR count). The van der Waals surface area contributed by atoms with Gasteiger partial charge in [-0.1, -0.05) is 30.3 Å². The molecular formula is C16H18O4. The summed E-state index contributed by atoms with van der Waals surface area (Å²) in [5, 5.41) is 11.5. The monoisotopic (exact) mass is 274 g/mol. The number of Topliss-reactive ketones (excluding diaryl/α,β-unsaturated/α-hetero) is 1. The molecule has 0 aromatic heterocycles. The molecule has 0 aliphatic rings. The smallest absolute Gasteiger partial charge is 0.163 e. The lowest BCUT2D eigenvalue weighted by atomic mass is 10.0. The maximum atomic E-state index is 11.7. The summed E-state index contributed by atoms with van der Waals surface area (Å²) in [7, 11) is 1.52. The number of ketones is 1. The zero-order chi connectivity index (χ0) is 14.5. The van der Waals surface area contributed by atoms with E-state index in [0.29, 0.717) is 11.3 Å². The van der Waals surface area contributed by atoms with Crippen molar-refractivity contribution in [1.82, 2.24) is 0 Å². The van der Waals surface area contributed by atoms with Crippen LogP contribution < -0.4 is 4.74 Å². The molecule has 0 aliphatic heterocycles. The first-order valence-corrected chi connectivity index (χ1v) is 6.46. The van der Waals surface area contributed by atoms with E-state index in [1.165, 1.54) is 14.0 Å². The normalized spacial score (nSPS) is 12.3. The van der Waals surface area contributed by atoms with E-state index in [2.05, 4.69) is 0 Å². The predicted octanol–water partition coefficient (Wildman–Crippen LogP) is 2.43. The molecule has 20 heavy (non-hydrogen) atoms. The molecule has 0 bridgehead atoms. The number of ether oxygens (including phenoxy) is 2. The molecule has 1 unspecified atom stereocenters. The third-order valence-electron chi connectivity index (χ3n) is 3.04. The van der Waals surface area contributed by atoms with Gasteiger partial charge >= 0.3 is 0 Å². The molecule has 1 N–H and O–H groups in total. The number of benzene rings is 2. The predicted molar refractivity (Wildman–Crippen MR) is 77.3 cm³/mol. The summed E-state index contributed by atoms with van der Waals surface area (Å²) >= 11 is 0. The molecule has 4 nitrogen and oxygen atoms in total. The van der Waals surface area contributed by atoms with Crippen LogP contribution in [0.25, 0.3) is 10.8 Å². The molecule has 1 atom stereocenters. The van der Waals surface area contributed by atoms with Gasteiger partial charge in [0.15, 0.2) is 5.78 Å². The van der Waals surface area contributed by atoms with E-state index in [1.807, 2.05) is 30.3 Å². The molecule has 0 radical (unpaired) electrons. The molecule has 0 heterocycles. The summed E-state index contributed by atoms with van der Waals surface area (Å²) in [6.45, 7) is 1.78. The van der Waals surface area contributed by atoms with Crippen LogP contribution in [-0.4, -0.2) is 37.3 Å². The van der Waals surface area contributed by atoms with Gasteiger partial charge in [-0.05, 0) is 18.4 Å².